The topological polar surface area (TPSA) is 71.5 Å². The first-order valence-electron chi connectivity index (χ1n) is 8.70. The third-order valence-electron chi connectivity index (χ3n) is 4.40. The van der Waals surface area contributed by atoms with E-state index in [2.05, 4.69) is 14.6 Å². The van der Waals surface area contributed by atoms with Gasteiger partial charge in [0.05, 0.1) is 9.92 Å². The number of anilines is 1. The quantitative estimate of drug-likeness (QED) is 0.629. The van der Waals surface area contributed by atoms with Gasteiger partial charge < -0.3 is 9.64 Å². The highest BCUT2D eigenvalue weighted by molar-refractivity contribution is 7.89. The van der Waals surface area contributed by atoms with E-state index in [0.29, 0.717) is 23.1 Å². The van der Waals surface area contributed by atoms with Crippen LogP contribution in [0.1, 0.15) is 6.42 Å². The molecule has 1 aliphatic heterocycles. The summed E-state index contributed by atoms with van der Waals surface area (Å²) in [4.78, 5) is 6.58. The van der Waals surface area contributed by atoms with Crippen molar-refractivity contribution in [3.8, 4) is 11.5 Å². The lowest BCUT2D eigenvalue weighted by Gasteiger charge is -2.16. The van der Waals surface area contributed by atoms with Gasteiger partial charge in [0.2, 0.25) is 10.0 Å². The second kappa shape index (κ2) is 8.08. The molecule has 1 N–H and O–H groups in total. The summed E-state index contributed by atoms with van der Waals surface area (Å²) in [5.41, 5.74) is 0. The first-order chi connectivity index (χ1) is 13.5. The number of thiazole rings is 1. The van der Waals surface area contributed by atoms with Crippen molar-refractivity contribution in [2.45, 2.75) is 17.4 Å². The molecule has 0 amide bonds. The van der Waals surface area contributed by atoms with Gasteiger partial charge in [0.25, 0.3) is 0 Å². The normalized spacial score (nSPS) is 17.0. The number of rotatable bonds is 6. The molecule has 2 heterocycles. The molecule has 1 unspecified atom stereocenters. The van der Waals surface area contributed by atoms with Crippen molar-refractivity contribution >= 4 is 38.1 Å². The molecule has 28 heavy (non-hydrogen) atoms. The van der Waals surface area contributed by atoms with Gasteiger partial charge in [-0.05, 0) is 42.8 Å². The van der Waals surface area contributed by atoms with Gasteiger partial charge in [-0.25, -0.2) is 18.1 Å². The van der Waals surface area contributed by atoms with E-state index in [0.717, 1.165) is 18.1 Å². The average molecular weight is 436 g/mol. The van der Waals surface area contributed by atoms with Crippen LogP contribution < -0.4 is 14.4 Å². The van der Waals surface area contributed by atoms with E-state index in [4.69, 9.17) is 16.3 Å². The zero-order chi connectivity index (χ0) is 19.6. The van der Waals surface area contributed by atoms with Crippen LogP contribution in [-0.4, -0.2) is 32.5 Å². The van der Waals surface area contributed by atoms with E-state index >= 15 is 0 Å². The van der Waals surface area contributed by atoms with Gasteiger partial charge >= 0.3 is 0 Å². The van der Waals surface area contributed by atoms with Gasteiger partial charge in [0.1, 0.15) is 11.5 Å². The van der Waals surface area contributed by atoms with Crippen molar-refractivity contribution < 1.29 is 13.2 Å². The van der Waals surface area contributed by atoms with E-state index in [1.54, 1.807) is 41.8 Å². The fourth-order valence-corrected chi connectivity index (χ4v) is 5.15. The molecule has 9 heteroatoms. The first-order valence-corrected chi connectivity index (χ1v) is 11.4. The van der Waals surface area contributed by atoms with E-state index in [1.165, 1.54) is 12.1 Å². The Balaban J connectivity index is 1.41. The molecular formula is C19H18ClN3O3S2. The number of nitrogens with zero attached hydrogens (tertiary/aromatic N) is 2. The molecule has 0 spiro atoms. The lowest BCUT2D eigenvalue weighted by molar-refractivity contribution is 0.482. The molecule has 0 aliphatic carbocycles. The van der Waals surface area contributed by atoms with Crippen LogP contribution >= 0.6 is 22.9 Å². The van der Waals surface area contributed by atoms with Crippen LogP contribution in [0.15, 0.2) is 65.0 Å². The highest BCUT2D eigenvalue weighted by Gasteiger charge is 2.28. The maximum atomic E-state index is 12.7. The molecule has 0 radical (unpaired) electrons. The van der Waals surface area contributed by atoms with Crippen molar-refractivity contribution in [2.75, 3.05) is 18.0 Å². The lowest BCUT2D eigenvalue weighted by Crippen LogP contribution is -2.37. The predicted molar refractivity (Wildman–Crippen MR) is 111 cm³/mol. The molecule has 1 atom stereocenters. The van der Waals surface area contributed by atoms with Crippen LogP contribution in [0.4, 0.5) is 5.13 Å². The molecule has 2 aromatic carbocycles. The number of halogens is 1. The Hall–Kier alpha value is -2.13. The number of benzene rings is 2. The molecule has 1 fully saturated rings. The number of aromatic nitrogens is 1. The summed E-state index contributed by atoms with van der Waals surface area (Å²) in [6, 6.07) is 13.3. The number of hydrogen-bond acceptors (Lipinski definition) is 6. The molecular weight excluding hydrogens is 418 g/mol. The minimum absolute atomic E-state index is 0.145. The molecule has 6 nitrogen and oxygen atoms in total. The summed E-state index contributed by atoms with van der Waals surface area (Å²) < 4.78 is 33.9. The monoisotopic (exact) mass is 435 g/mol. The van der Waals surface area contributed by atoms with Gasteiger partial charge in [-0.1, -0.05) is 23.7 Å². The SMILES string of the molecule is O=S(=O)(NC1CCN(c2nccs2)C1)c1ccc(Oc2ccccc2Cl)cc1. The Kier molecular flexibility index (Phi) is 5.54. The Morgan fingerprint density at radius 3 is 2.68 bits per heavy atom. The fraction of sp³-hybridized carbons (Fsp3) is 0.211. The molecule has 0 saturated carbocycles. The summed E-state index contributed by atoms with van der Waals surface area (Å²) >= 11 is 7.64. The maximum Gasteiger partial charge on any atom is 0.240 e. The standard InChI is InChI=1S/C19H18ClN3O3S2/c20-17-3-1-2-4-18(17)26-15-5-7-16(8-6-15)28(24,25)22-14-9-11-23(13-14)19-21-10-12-27-19/h1-8,10,12,14,22H,9,11,13H2. The Bertz CT molecular complexity index is 1040. The van der Waals surface area contributed by atoms with Crippen LogP contribution in [0.2, 0.25) is 5.02 Å². The molecule has 4 rings (SSSR count). The van der Waals surface area contributed by atoms with E-state index in [-0.39, 0.29) is 10.9 Å². The largest absolute Gasteiger partial charge is 0.456 e. The number of nitrogens with one attached hydrogen (secondary N) is 1. The predicted octanol–water partition coefficient (Wildman–Crippen LogP) is 4.15. The van der Waals surface area contributed by atoms with Gasteiger partial charge in [-0.15, -0.1) is 11.3 Å². The molecule has 1 aliphatic rings. The van der Waals surface area contributed by atoms with E-state index in [1.807, 2.05) is 17.5 Å². The lowest BCUT2D eigenvalue weighted by atomic mass is 10.3. The van der Waals surface area contributed by atoms with Crippen molar-refractivity contribution in [2.24, 2.45) is 0 Å². The van der Waals surface area contributed by atoms with Gasteiger partial charge in [-0.3, -0.25) is 0 Å². The minimum Gasteiger partial charge on any atom is -0.456 e. The highest BCUT2D eigenvalue weighted by Crippen LogP contribution is 2.29. The first kappa shape index (κ1) is 19.2. The van der Waals surface area contributed by atoms with Crippen LogP contribution in [0.3, 0.4) is 0 Å². The summed E-state index contributed by atoms with van der Waals surface area (Å²) in [6.45, 7) is 1.39. The number of hydrogen-bond donors (Lipinski definition) is 1. The number of sulfonamides is 1. The second-order valence-electron chi connectivity index (χ2n) is 6.37. The summed E-state index contributed by atoms with van der Waals surface area (Å²) in [5.74, 6) is 1.04. The van der Waals surface area contributed by atoms with Gasteiger partial charge in [-0.2, -0.15) is 0 Å². The molecule has 1 aromatic heterocycles. The van der Waals surface area contributed by atoms with E-state index < -0.39 is 10.0 Å². The highest BCUT2D eigenvalue weighted by atomic mass is 35.5. The molecule has 146 valence electrons. The second-order valence-corrected chi connectivity index (χ2v) is 9.37. The van der Waals surface area contributed by atoms with Gasteiger partial charge in [0, 0.05) is 30.7 Å². The molecule has 1 saturated heterocycles. The third-order valence-corrected chi connectivity index (χ3v) is 7.08. The zero-order valence-corrected chi connectivity index (χ0v) is 17.2. The van der Waals surface area contributed by atoms with Crippen molar-refractivity contribution in [1.29, 1.82) is 0 Å². The smallest absolute Gasteiger partial charge is 0.240 e. The van der Waals surface area contributed by atoms with Crippen molar-refractivity contribution in [1.82, 2.24) is 9.71 Å². The number of ether oxygens (including phenoxy) is 1. The van der Waals surface area contributed by atoms with Crippen LogP contribution in [0.5, 0.6) is 11.5 Å². The average Bonchev–Trinajstić information content (AvgIpc) is 3.35. The maximum absolute atomic E-state index is 12.7. The Morgan fingerprint density at radius 1 is 1.18 bits per heavy atom. The Labute approximate surface area is 172 Å². The number of para-hydroxylation sites is 1. The minimum atomic E-state index is -3.61. The summed E-state index contributed by atoms with van der Waals surface area (Å²) in [5, 5.41) is 3.33. The van der Waals surface area contributed by atoms with Crippen molar-refractivity contribution in [3.63, 3.8) is 0 Å². The van der Waals surface area contributed by atoms with Crippen LogP contribution in [-0.2, 0) is 10.0 Å². The summed E-state index contributed by atoms with van der Waals surface area (Å²) in [6.07, 6.45) is 2.50. The zero-order valence-electron chi connectivity index (χ0n) is 14.8. The van der Waals surface area contributed by atoms with Crippen molar-refractivity contribution in [3.05, 3.63) is 65.1 Å². The van der Waals surface area contributed by atoms with Crippen LogP contribution in [0.25, 0.3) is 0 Å². The van der Waals surface area contributed by atoms with Gasteiger partial charge in [0.15, 0.2) is 5.13 Å². The summed E-state index contributed by atoms with van der Waals surface area (Å²) in [7, 11) is -3.61. The molecule has 0 bridgehead atoms. The van der Waals surface area contributed by atoms with E-state index in [9.17, 15) is 8.42 Å². The van der Waals surface area contributed by atoms with Crippen LogP contribution in [0, 0.1) is 0 Å². The Morgan fingerprint density at radius 2 is 1.96 bits per heavy atom. The molecule has 3 aromatic rings. The third kappa shape index (κ3) is 4.30. The fourth-order valence-electron chi connectivity index (χ4n) is 3.03.